The van der Waals surface area contributed by atoms with Crippen LogP contribution in [0, 0.1) is 0 Å². The first kappa shape index (κ1) is 68.4. The van der Waals surface area contributed by atoms with E-state index in [0.717, 1.165) is 83.5 Å². The fourth-order valence-electron chi connectivity index (χ4n) is 9.20. The molecule has 0 bridgehead atoms. The summed E-state index contributed by atoms with van der Waals surface area (Å²) < 4.78 is 16.9. The van der Waals surface area contributed by atoms with Gasteiger partial charge >= 0.3 is 17.9 Å². The zero-order chi connectivity index (χ0) is 51.4. The maximum atomic E-state index is 12.9. The Bertz CT molecular complexity index is 1230. The fourth-order valence-corrected chi connectivity index (χ4v) is 9.20. The van der Waals surface area contributed by atoms with Gasteiger partial charge in [-0.1, -0.05) is 301 Å². The van der Waals surface area contributed by atoms with E-state index in [1.165, 1.54) is 205 Å². The third-order valence-corrected chi connectivity index (χ3v) is 13.8. The Morgan fingerprint density at radius 3 is 0.859 bits per heavy atom. The topological polar surface area (TPSA) is 78.9 Å². The minimum Gasteiger partial charge on any atom is -0.462 e. The number of esters is 3. The second kappa shape index (κ2) is 59.9. The Labute approximate surface area is 441 Å². The Balaban J connectivity index is 4.24. The van der Waals surface area contributed by atoms with Crippen LogP contribution < -0.4 is 0 Å². The number of ether oxygens (including phenoxy) is 3. The van der Waals surface area contributed by atoms with Gasteiger partial charge in [-0.25, -0.2) is 0 Å². The molecule has 0 saturated heterocycles. The number of allylic oxidation sites excluding steroid dienone is 8. The lowest BCUT2D eigenvalue weighted by Gasteiger charge is -2.18. The van der Waals surface area contributed by atoms with Gasteiger partial charge in [-0.2, -0.15) is 0 Å². The zero-order valence-corrected chi connectivity index (χ0v) is 47.5. The van der Waals surface area contributed by atoms with Crippen LogP contribution in [0.2, 0.25) is 0 Å². The van der Waals surface area contributed by atoms with Gasteiger partial charge in [0, 0.05) is 19.3 Å². The van der Waals surface area contributed by atoms with Gasteiger partial charge in [0.2, 0.25) is 0 Å². The molecule has 414 valence electrons. The van der Waals surface area contributed by atoms with Crippen LogP contribution in [0.15, 0.2) is 48.6 Å². The van der Waals surface area contributed by atoms with Gasteiger partial charge in [-0.3, -0.25) is 14.4 Å². The Morgan fingerprint density at radius 1 is 0.296 bits per heavy atom. The molecule has 0 saturated carbocycles. The normalized spacial score (nSPS) is 12.3. The van der Waals surface area contributed by atoms with E-state index >= 15 is 0 Å². The Kier molecular flexibility index (Phi) is 57.7. The molecule has 0 aromatic rings. The lowest BCUT2D eigenvalue weighted by atomic mass is 10.0. The number of unbranched alkanes of at least 4 members (excludes halogenated alkanes) is 38. The van der Waals surface area contributed by atoms with Gasteiger partial charge in [0.15, 0.2) is 6.10 Å². The maximum Gasteiger partial charge on any atom is 0.306 e. The molecule has 0 aliphatic carbocycles. The molecule has 0 radical (unpaired) electrons. The van der Waals surface area contributed by atoms with E-state index in [4.69, 9.17) is 14.2 Å². The molecule has 1 unspecified atom stereocenters. The lowest BCUT2D eigenvalue weighted by Crippen LogP contribution is -2.30. The van der Waals surface area contributed by atoms with E-state index < -0.39 is 6.10 Å². The van der Waals surface area contributed by atoms with Gasteiger partial charge in [0.05, 0.1) is 0 Å². The summed E-state index contributed by atoms with van der Waals surface area (Å²) in [6.45, 7) is 6.58. The highest BCUT2D eigenvalue weighted by atomic mass is 16.6. The quantitative estimate of drug-likeness (QED) is 0.0261. The molecule has 0 rings (SSSR count). The SMILES string of the molecule is CC/C=C\C/C=C\C/C=C\C/C=C\CCCCCCCCCCCCCCC(=O)OCC(COC(=O)CCCCCCCCCCCCCCC)OC(=O)CCCCCCCCCCCCCCCCC. The molecule has 0 heterocycles. The third kappa shape index (κ3) is 58.1. The van der Waals surface area contributed by atoms with Crippen LogP contribution in [0.25, 0.3) is 0 Å². The van der Waals surface area contributed by atoms with Crippen molar-refractivity contribution in [2.24, 2.45) is 0 Å². The Morgan fingerprint density at radius 2 is 0.549 bits per heavy atom. The van der Waals surface area contributed by atoms with Crippen molar-refractivity contribution in [1.82, 2.24) is 0 Å². The van der Waals surface area contributed by atoms with Gasteiger partial charge < -0.3 is 14.2 Å². The highest BCUT2D eigenvalue weighted by Crippen LogP contribution is 2.17. The third-order valence-electron chi connectivity index (χ3n) is 13.8. The van der Waals surface area contributed by atoms with Crippen molar-refractivity contribution >= 4 is 17.9 Å². The molecule has 0 aromatic carbocycles. The molecule has 0 fully saturated rings. The van der Waals surface area contributed by atoms with Crippen LogP contribution in [-0.4, -0.2) is 37.2 Å². The molecule has 0 N–H and O–H groups in total. The molecule has 0 aromatic heterocycles. The van der Waals surface area contributed by atoms with Gasteiger partial charge in [0.1, 0.15) is 13.2 Å². The van der Waals surface area contributed by atoms with E-state index in [1.807, 2.05) is 0 Å². The zero-order valence-electron chi connectivity index (χ0n) is 47.5. The largest absolute Gasteiger partial charge is 0.462 e. The van der Waals surface area contributed by atoms with Crippen molar-refractivity contribution < 1.29 is 28.6 Å². The van der Waals surface area contributed by atoms with Crippen LogP contribution >= 0.6 is 0 Å². The molecule has 6 nitrogen and oxygen atoms in total. The molecule has 6 heteroatoms. The van der Waals surface area contributed by atoms with E-state index in [0.29, 0.717) is 19.3 Å². The molecule has 0 spiro atoms. The monoisotopic (exact) mass is 995 g/mol. The van der Waals surface area contributed by atoms with Crippen molar-refractivity contribution in [3.63, 3.8) is 0 Å². The predicted molar refractivity (Wildman–Crippen MR) is 307 cm³/mol. The summed E-state index contributed by atoms with van der Waals surface area (Å²) in [5.41, 5.74) is 0. The first-order chi connectivity index (χ1) is 35.0. The fraction of sp³-hybridized carbons (Fsp3) is 0.831. The first-order valence-corrected chi connectivity index (χ1v) is 31.1. The summed E-state index contributed by atoms with van der Waals surface area (Å²) in [7, 11) is 0. The standard InChI is InChI=1S/C65H118O6/c1-4-7-10-13-16-19-22-25-27-28-29-30-31-32-33-34-35-36-38-40-43-46-49-52-55-58-64(67)70-61-62(60-69-63(66)57-54-51-48-45-42-39-24-21-18-15-12-9-6-3)71-65(68)59-56-53-50-47-44-41-37-26-23-20-17-14-11-8-5-2/h7,10,16,19,25,27,29-30,62H,4-6,8-9,11-15,17-18,20-24,26,28,31-61H2,1-3H3/b10-7-,19-16-,27-25-,30-29-. The van der Waals surface area contributed by atoms with Crippen molar-refractivity contribution in [2.75, 3.05) is 13.2 Å². The van der Waals surface area contributed by atoms with Crippen LogP contribution in [0.5, 0.6) is 0 Å². The second-order valence-electron chi connectivity index (χ2n) is 21.0. The molecule has 0 amide bonds. The van der Waals surface area contributed by atoms with Crippen LogP contribution in [0.4, 0.5) is 0 Å². The summed E-state index contributed by atoms with van der Waals surface area (Å²) in [6, 6.07) is 0. The molecule has 0 aliphatic heterocycles. The van der Waals surface area contributed by atoms with Crippen LogP contribution in [0.3, 0.4) is 0 Å². The minimum atomic E-state index is -0.769. The average molecular weight is 996 g/mol. The summed E-state index contributed by atoms with van der Waals surface area (Å²) >= 11 is 0. The minimum absolute atomic E-state index is 0.0676. The van der Waals surface area contributed by atoms with Crippen LogP contribution in [0.1, 0.15) is 329 Å². The van der Waals surface area contributed by atoms with Gasteiger partial charge in [-0.05, 0) is 57.8 Å². The van der Waals surface area contributed by atoms with Crippen LogP contribution in [-0.2, 0) is 28.6 Å². The predicted octanol–water partition coefficient (Wildman–Crippen LogP) is 21.0. The highest BCUT2D eigenvalue weighted by molar-refractivity contribution is 5.71. The summed E-state index contributed by atoms with van der Waals surface area (Å²) in [5, 5.41) is 0. The van der Waals surface area contributed by atoms with E-state index in [1.54, 1.807) is 0 Å². The number of hydrogen-bond donors (Lipinski definition) is 0. The van der Waals surface area contributed by atoms with Gasteiger partial charge in [0.25, 0.3) is 0 Å². The summed E-state index contributed by atoms with van der Waals surface area (Å²) in [4.78, 5) is 38.2. The molecular formula is C65H118O6. The number of hydrogen-bond acceptors (Lipinski definition) is 6. The van der Waals surface area contributed by atoms with E-state index in [-0.39, 0.29) is 31.1 Å². The number of rotatable bonds is 57. The average Bonchev–Trinajstić information content (AvgIpc) is 3.37. The van der Waals surface area contributed by atoms with E-state index in [9.17, 15) is 14.4 Å². The van der Waals surface area contributed by atoms with Gasteiger partial charge in [-0.15, -0.1) is 0 Å². The molecule has 0 aliphatic rings. The lowest BCUT2D eigenvalue weighted by molar-refractivity contribution is -0.167. The molecular weight excluding hydrogens is 877 g/mol. The first-order valence-electron chi connectivity index (χ1n) is 31.1. The van der Waals surface area contributed by atoms with Crippen molar-refractivity contribution in [1.29, 1.82) is 0 Å². The number of carbonyl (C=O) groups excluding carboxylic acids is 3. The highest BCUT2D eigenvalue weighted by Gasteiger charge is 2.19. The molecule has 1 atom stereocenters. The smallest absolute Gasteiger partial charge is 0.306 e. The van der Waals surface area contributed by atoms with Crippen molar-refractivity contribution in [2.45, 2.75) is 335 Å². The summed E-state index contributed by atoms with van der Waals surface area (Å²) in [6.07, 6.45) is 74.0. The van der Waals surface area contributed by atoms with Crippen molar-refractivity contribution in [3.05, 3.63) is 48.6 Å². The maximum absolute atomic E-state index is 12.9. The second-order valence-corrected chi connectivity index (χ2v) is 21.0. The summed E-state index contributed by atoms with van der Waals surface area (Å²) in [5.74, 6) is -0.848. The Hall–Kier alpha value is -2.63. The van der Waals surface area contributed by atoms with Crippen molar-refractivity contribution in [3.8, 4) is 0 Å². The van der Waals surface area contributed by atoms with E-state index in [2.05, 4.69) is 69.4 Å². The molecule has 71 heavy (non-hydrogen) atoms. The number of carbonyl (C=O) groups is 3.